The van der Waals surface area contributed by atoms with Gasteiger partial charge in [0, 0.05) is 39.2 Å². The molecule has 0 bridgehead atoms. The average molecular weight is 564 g/mol. The summed E-state index contributed by atoms with van der Waals surface area (Å²) in [6, 6.07) is 50.7. The van der Waals surface area contributed by atoms with E-state index in [0.29, 0.717) is 17.6 Å². The van der Waals surface area contributed by atoms with Crippen LogP contribution in [0.25, 0.3) is 77.9 Å². The molecule has 6 aromatic carbocycles. The van der Waals surface area contributed by atoms with Crippen LogP contribution in [0.3, 0.4) is 0 Å². The molecule has 0 atom stereocenters. The normalized spacial score (nSPS) is 11.6. The van der Waals surface area contributed by atoms with E-state index in [9.17, 15) is 0 Å². The maximum atomic E-state index is 4.97. The van der Waals surface area contributed by atoms with E-state index in [2.05, 4.69) is 100 Å². The van der Waals surface area contributed by atoms with Gasteiger partial charge in [-0.25, -0.2) is 4.98 Å². The second-order valence-corrected chi connectivity index (χ2v) is 11.0. The van der Waals surface area contributed by atoms with Crippen LogP contribution in [0.2, 0.25) is 0 Å². The number of hydrogen-bond acceptors (Lipinski definition) is 3. The highest BCUT2D eigenvalue weighted by Crippen LogP contribution is 2.36. The lowest BCUT2D eigenvalue weighted by Gasteiger charge is -2.10. The minimum atomic E-state index is 0.589. The highest BCUT2D eigenvalue weighted by atomic mass is 15.2. The Morgan fingerprint density at radius 1 is 0.409 bits per heavy atom. The van der Waals surface area contributed by atoms with Crippen LogP contribution in [0.4, 0.5) is 0 Å². The Hall–Kier alpha value is -6.07. The molecule has 9 rings (SSSR count). The summed E-state index contributed by atoms with van der Waals surface area (Å²) < 4.78 is 4.43. The van der Waals surface area contributed by atoms with Gasteiger partial charge in [0.1, 0.15) is 0 Å². The van der Waals surface area contributed by atoms with Crippen LogP contribution in [0.5, 0.6) is 0 Å². The predicted molar refractivity (Wildman–Crippen MR) is 179 cm³/mol. The largest absolute Gasteiger partial charge is 0.309 e. The summed E-state index contributed by atoms with van der Waals surface area (Å²) in [4.78, 5) is 14.8. The highest BCUT2D eigenvalue weighted by molar-refractivity contribution is 6.15. The Labute approximate surface area is 253 Å². The molecule has 3 aromatic heterocycles. The van der Waals surface area contributed by atoms with Crippen LogP contribution >= 0.6 is 0 Å². The maximum Gasteiger partial charge on any atom is 0.238 e. The smallest absolute Gasteiger partial charge is 0.238 e. The second-order valence-electron chi connectivity index (χ2n) is 11.0. The van der Waals surface area contributed by atoms with Gasteiger partial charge in [-0.2, -0.15) is 9.97 Å². The lowest BCUT2D eigenvalue weighted by Crippen LogP contribution is -2.05. The van der Waals surface area contributed by atoms with Crippen LogP contribution in [0, 0.1) is 0 Å². The molecule has 5 heteroatoms. The fraction of sp³-hybridized carbons (Fsp3) is 0. The lowest BCUT2D eigenvalue weighted by molar-refractivity contribution is 0.934. The second kappa shape index (κ2) is 9.75. The molecule has 0 spiro atoms. The van der Waals surface area contributed by atoms with Gasteiger partial charge in [-0.15, -0.1) is 0 Å². The zero-order valence-corrected chi connectivity index (χ0v) is 23.7. The summed E-state index contributed by atoms with van der Waals surface area (Å²) in [7, 11) is 0. The molecule has 0 saturated heterocycles. The average Bonchev–Trinajstić information content (AvgIpc) is 3.65. The van der Waals surface area contributed by atoms with E-state index in [0.717, 1.165) is 33.1 Å². The van der Waals surface area contributed by atoms with Crippen molar-refractivity contribution in [2.75, 3.05) is 0 Å². The van der Waals surface area contributed by atoms with E-state index < -0.39 is 0 Å². The fourth-order valence-electron chi connectivity index (χ4n) is 6.28. The molecule has 5 nitrogen and oxygen atoms in total. The number of nitrogens with zero attached hydrogens (tertiary/aromatic N) is 5. The van der Waals surface area contributed by atoms with E-state index in [4.69, 9.17) is 15.0 Å². The Morgan fingerprint density at radius 2 is 1.00 bits per heavy atom. The molecule has 0 N–H and O–H groups in total. The van der Waals surface area contributed by atoms with Gasteiger partial charge in [0.15, 0.2) is 11.6 Å². The van der Waals surface area contributed by atoms with Crippen molar-refractivity contribution in [3.8, 4) is 34.4 Å². The van der Waals surface area contributed by atoms with Gasteiger partial charge in [0.25, 0.3) is 0 Å². The summed E-state index contributed by atoms with van der Waals surface area (Å²) in [5.74, 6) is 1.88. The Morgan fingerprint density at radius 3 is 1.70 bits per heavy atom. The van der Waals surface area contributed by atoms with Crippen molar-refractivity contribution in [1.29, 1.82) is 0 Å². The molecule has 44 heavy (non-hydrogen) atoms. The standard InChI is InChI=1S/C39H25N5/c1-4-12-26(13-5-1)37-40-38(27-14-6-2-7-15-27)42-39(41-37)43-21-20-28-22-29-23-33-32-18-10-11-19-34(32)44(31-16-8-3-9-17-31)36(33)25-30(29)24-35(28)43/h1-25H. The first kappa shape index (κ1) is 24.5. The molecule has 0 aliphatic carbocycles. The van der Waals surface area contributed by atoms with Crippen LogP contribution < -0.4 is 0 Å². The molecule has 0 unspecified atom stereocenters. The van der Waals surface area contributed by atoms with E-state index in [-0.39, 0.29) is 0 Å². The minimum Gasteiger partial charge on any atom is -0.309 e. The molecule has 0 fully saturated rings. The predicted octanol–water partition coefficient (Wildman–Crippen LogP) is 9.40. The quantitative estimate of drug-likeness (QED) is 0.214. The van der Waals surface area contributed by atoms with Gasteiger partial charge < -0.3 is 4.57 Å². The Bertz CT molecular complexity index is 2420. The minimum absolute atomic E-state index is 0.589. The number of rotatable bonds is 4. The van der Waals surface area contributed by atoms with Gasteiger partial charge in [0.2, 0.25) is 5.95 Å². The summed E-state index contributed by atoms with van der Waals surface area (Å²) in [5.41, 5.74) is 6.47. The molecule has 0 saturated carbocycles. The highest BCUT2D eigenvalue weighted by Gasteiger charge is 2.16. The summed E-state index contributed by atoms with van der Waals surface area (Å²) >= 11 is 0. The van der Waals surface area contributed by atoms with E-state index in [1.165, 1.54) is 27.2 Å². The fourth-order valence-corrected chi connectivity index (χ4v) is 6.28. The third-order valence-corrected chi connectivity index (χ3v) is 8.36. The van der Waals surface area contributed by atoms with Gasteiger partial charge in [-0.3, -0.25) is 4.57 Å². The van der Waals surface area contributed by atoms with Gasteiger partial charge in [-0.1, -0.05) is 97.1 Å². The van der Waals surface area contributed by atoms with Gasteiger partial charge in [-0.05, 0) is 59.3 Å². The first-order valence-corrected chi connectivity index (χ1v) is 14.7. The first-order chi connectivity index (χ1) is 21.8. The first-order valence-electron chi connectivity index (χ1n) is 14.7. The third-order valence-electron chi connectivity index (χ3n) is 8.36. The van der Waals surface area contributed by atoms with E-state index in [1.807, 2.05) is 60.7 Å². The van der Waals surface area contributed by atoms with E-state index >= 15 is 0 Å². The zero-order valence-electron chi connectivity index (χ0n) is 23.7. The molecule has 0 radical (unpaired) electrons. The zero-order chi connectivity index (χ0) is 29.0. The SMILES string of the molecule is c1ccc(-c2nc(-c3ccccc3)nc(-n3ccc4cc5cc6c7ccccc7n(-c7ccccc7)c6cc5cc43)n2)cc1. The number of hydrogen-bond donors (Lipinski definition) is 0. The maximum absolute atomic E-state index is 4.97. The summed E-state index contributed by atoms with van der Waals surface area (Å²) in [5, 5.41) is 5.98. The van der Waals surface area contributed by atoms with Crippen molar-refractivity contribution in [2.24, 2.45) is 0 Å². The number of benzene rings is 6. The number of aromatic nitrogens is 5. The monoisotopic (exact) mass is 563 g/mol. The summed E-state index contributed by atoms with van der Waals surface area (Å²) in [6.45, 7) is 0. The van der Waals surface area contributed by atoms with Crippen molar-refractivity contribution in [2.45, 2.75) is 0 Å². The molecular formula is C39H25N5. The van der Waals surface area contributed by atoms with E-state index in [1.54, 1.807) is 0 Å². The molecule has 0 aliphatic rings. The molecule has 206 valence electrons. The van der Waals surface area contributed by atoms with Crippen LogP contribution in [0.15, 0.2) is 152 Å². The Kier molecular flexibility index (Phi) is 5.43. The molecule has 0 aliphatic heterocycles. The number of para-hydroxylation sites is 2. The van der Waals surface area contributed by atoms with Crippen LogP contribution in [-0.2, 0) is 0 Å². The topological polar surface area (TPSA) is 48.5 Å². The third kappa shape index (κ3) is 3.91. The van der Waals surface area contributed by atoms with Crippen molar-refractivity contribution >= 4 is 43.5 Å². The number of fused-ring (bicyclic) bond motifs is 5. The lowest BCUT2D eigenvalue weighted by atomic mass is 10.0. The molecule has 3 heterocycles. The molecule has 0 amide bonds. The molecule has 9 aromatic rings. The van der Waals surface area contributed by atoms with Crippen LogP contribution in [-0.4, -0.2) is 24.1 Å². The van der Waals surface area contributed by atoms with Crippen molar-refractivity contribution in [3.63, 3.8) is 0 Å². The van der Waals surface area contributed by atoms with Crippen molar-refractivity contribution in [3.05, 3.63) is 152 Å². The molecular weight excluding hydrogens is 538 g/mol. The van der Waals surface area contributed by atoms with Crippen molar-refractivity contribution in [1.82, 2.24) is 24.1 Å². The van der Waals surface area contributed by atoms with Crippen LogP contribution in [0.1, 0.15) is 0 Å². The van der Waals surface area contributed by atoms with Gasteiger partial charge >= 0.3 is 0 Å². The Balaban J connectivity index is 1.28. The van der Waals surface area contributed by atoms with Crippen molar-refractivity contribution < 1.29 is 0 Å². The van der Waals surface area contributed by atoms with Gasteiger partial charge in [0.05, 0.1) is 16.6 Å². The summed E-state index contributed by atoms with van der Waals surface area (Å²) in [6.07, 6.45) is 2.06.